The van der Waals surface area contributed by atoms with Gasteiger partial charge in [0.25, 0.3) is 0 Å². The molecule has 1 N–H and O–H groups in total. The van der Waals surface area contributed by atoms with Crippen LogP contribution in [0.15, 0.2) is 18.2 Å². The van der Waals surface area contributed by atoms with E-state index in [1.165, 1.54) is 18.8 Å². The van der Waals surface area contributed by atoms with Gasteiger partial charge >= 0.3 is 0 Å². The molecule has 100 valence electrons. The van der Waals surface area contributed by atoms with E-state index in [1.54, 1.807) is 0 Å². The second-order valence-corrected chi connectivity index (χ2v) is 5.46. The molecule has 19 heavy (non-hydrogen) atoms. The van der Waals surface area contributed by atoms with Crippen molar-refractivity contribution in [2.75, 3.05) is 44.2 Å². The summed E-state index contributed by atoms with van der Waals surface area (Å²) in [5.74, 6) is 0. The molecule has 2 heterocycles. The Morgan fingerprint density at radius 1 is 1.26 bits per heavy atom. The summed E-state index contributed by atoms with van der Waals surface area (Å²) in [6, 6.07) is 9.06. The SMILES string of the molecule is Cc1cc(N2CC(N3CCNCC3)C2)ccc1C#N. The van der Waals surface area contributed by atoms with Crippen LogP contribution in [0.4, 0.5) is 5.69 Å². The molecule has 0 aliphatic carbocycles. The van der Waals surface area contributed by atoms with Crippen LogP contribution in [0.5, 0.6) is 0 Å². The normalized spacial score (nSPS) is 20.9. The lowest BCUT2D eigenvalue weighted by Gasteiger charge is -2.48. The number of hydrogen-bond acceptors (Lipinski definition) is 4. The zero-order valence-electron chi connectivity index (χ0n) is 11.4. The van der Waals surface area contributed by atoms with Gasteiger partial charge in [-0.3, -0.25) is 4.90 Å². The summed E-state index contributed by atoms with van der Waals surface area (Å²) < 4.78 is 0. The fraction of sp³-hybridized carbons (Fsp3) is 0.533. The first-order valence-corrected chi connectivity index (χ1v) is 6.98. The average molecular weight is 256 g/mol. The first-order valence-electron chi connectivity index (χ1n) is 6.98. The highest BCUT2D eigenvalue weighted by molar-refractivity contribution is 5.55. The third-order valence-corrected chi connectivity index (χ3v) is 4.23. The Morgan fingerprint density at radius 2 is 2.00 bits per heavy atom. The van der Waals surface area contributed by atoms with Gasteiger partial charge in [-0.1, -0.05) is 0 Å². The summed E-state index contributed by atoms with van der Waals surface area (Å²) in [7, 11) is 0. The number of nitrogens with one attached hydrogen (secondary N) is 1. The van der Waals surface area contributed by atoms with E-state index < -0.39 is 0 Å². The van der Waals surface area contributed by atoms with Crippen LogP contribution in [0.25, 0.3) is 0 Å². The quantitative estimate of drug-likeness (QED) is 0.856. The van der Waals surface area contributed by atoms with Crippen molar-refractivity contribution in [3.63, 3.8) is 0 Å². The topological polar surface area (TPSA) is 42.3 Å². The molecule has 0 bridgehead atoms. The first-order chi connectivity index (χ1) is 9.28. The van der Waals surface area contributed by atoms with Crippen LogP contribution in [0.1, 0.15) is 11.1 Å². The molecule has 0 spiro atoms. The smallest absolute Gasteiger partial charge is 0.0994 e. The van der Waals surface area contributed by atoms with Gasteiger partial charge in [0, 0.05) is 51.0 Å². The van der Waals surface area contributed by atoms with E-state index in [-0.39, 0.29) is 0 Å². The van der Waals surface area contributed by atoms with E-state index >= 15 is 0 Å². The Balaban J connectivity index is 1.61. The average Bonchev–Trinajstić information content (AvgIpc) is 2.38. The van der Waals surface area contributed by atoms with Crippen molar-refractivity contribution in [2.24, 2.45) is 0 Å². The Bertz CT molecular complexity index is 493. The van der Waals surface area contributed by atoms with E-state index in [0.717, 1.165) is 37.3 Å². The van der Waals surface area contributed by atoms with Crippen LogP contribution < -0.4 is 10.2 Å². The molecule has 4 heteroatoms. The molecule has 0 aromatic heterocycles. The van der Waals surface area contributed by atoms with Crippen molar-refractivity contribution in [1.29, 1.82) is 5.26 Å². The van der Waals surface area contributed by atoms with Crippen molar-refractivity contribution in [2.45, 2.75) is 13.0 Å². The lowest BCUT2D eigenvalue weighted by Crippen LogP contribution is -2.62. The van der Waals surface area contributed by atoms with Crippen LogP contribution in [0.3, 0.4) is 0 Å². The summed E-state index contributed by atoms with van der Waals surface area (Å²) in [6.45, 7) is 8.82. The second-order valence-electron chi connectivity index (χ2n) is 5.46. The Hall–Kier alpha value is -1.57. The minimum Gasteiger partial charge on any atom is -0.368 e. The third kappa shape index (κ3) is 2.44. The first kappa shape index (κ1) is 12.5. The monoisotopic (exact) mass is 256 g/mol. The van der Waals surface area contributed by atoms with E-state index in [2.05, 4.69) is 33.3 Å². The van der Waals surface area contributed by atoms with Crippen molar-refractivity contribution < 1.29 is 0 Å². The van der Waals surface area contributed by atoms with Gasteiger partial charge < -0.3 is 10.2 Å². The zero-order chi connectivity index (χ0) is 13.2. The van der Waals surface area contributed by atoms with Crippen LogP contribution in [-0.2, 0) is 0 Å². The molecule has 0 atom stereocenters. The molecule has 2 aliphatic heterocycles. The molecule has 0 unspecified atom stereocenters. The fourth-order valence-corrected chi connectivity index (χ4v) is 2.91. The van der Waals surface area contributed by atoms with Gasteiger partial charge in [0.05, 0.1) is 11.6 Å². The zero-order valence-corrected chi connectivity index (χ0v) is 11.4. The molecular formula is C15H20N4. The predicted molar refractivity (Wildman–Crippen MR) is 76.3 cm³/mol. The largest absolute Gasteiger partial charge is 0.368 e. The number of benzene rings is 1. The third-order valence-electron chi connectivity index (χ3n) is 4.23. The predicted octanol–water partition coefficient (Wildman–Crippen LogP) is 0.960. The Kier molecular flexibility index (Phi) is 3.41. The molecule has 2 saturated heterocycles. The maximum atomic E-state index is 8.96. The maximum Gasteiger partial charge on any atom is 0.0994 e. The Labute approximate surface area is 114 Å². The van der Waals surface area contributed by atoms with Crippen LogP contribution in [0.2, 0.25) is 0 Å². The minimum atomic E-state index is 0.707. The summed E-state index contributed by atoms with van der Waals surface area (Å²) in [5.41, 5.74) is 3.11. The van der Waals surface area contributed by atoms with E-state index in [4.69, 9.17) is 5.26 Å². The molecule has 2 aliphatic rings. The number of piperazine rings is 1. The van der Waals surface area contributed by atoms with Gasteiger partial charge in [-0.2, -0.15) is 5.26 Å². The fourth-order valence-electron chi connectivity index (χ4n) is 2.91. The number of anilines is 1. The Morgan fingerprint density at radius 3 is 2.63 bits per heavy atom. The molecule has 0 amide bonds. The highest BCUT2D eigenvalue weighted by Gasteiger charge is 2.32. The summed E-state index contributed by atoms with van der Waals surface area (Å²) in [5, 5.41) is 12.4. The lowest BCUT2D eigenvalue weighted by molar-refractivity contribution is 0.147. The van der Waals surface area contributed by atoms with Crippen molar-refractivity contribution in [1.82, 2.24) is 10.2 Å². The molecule has 3 rings (SSSR count). The van der Waals surface area contributed by atoms with Crippen molar-refractivity contribution in [3.05, 3.63) is 29.3 Å². The molecule has 1 aromatic carbocycles. The molecule has 0 radical (unpaired) electrons. The minimum absolute atomic E-state index is 0.707. The number of hydrogen-bond donors (Lipinski definition) is 1. The number of nitriles is 1. The maximum absolute atomic E-state index is 8.96. The summed E-state index contributed by atoms with van der Waals surface area (Å²) in [4.78, 5) is 4.99. The highest BCUT2D eigenvalue weighted by atomic mass is 15.3. The van der Waals surface area contributed by atoms with Crippen molar-refractivity contribution >= 4 is 5.69 Å². The number of nitrogens with zero attached hydrogens (tertiary/aromatic N) is 3. The van der Waals surface area contributed by atoms with E-state index in [1.807, 2.05) is 13.0 Å². The van der Waals surface area contributed by atoms with Crippen LogP contribution in [-0.4, -0.2) is 50.2 Å². The molecule has 0 saturated carbocycles. The van der Waals surface area contributed by atoms with Gasteiger partial charge in [-0.05, 0) is 30.7 Å². The summed E-state index contributed by atoms with van der Waals surface area (Å²) >= 11 is 0. The van der Waals surface area contributed by atoms with Gasteiger partial charge in [0.2, 0.25) is 0 Å². The molecule has 2 fully saturated rings. The van der Waals surface area contributed by atoms with Gasteiger partial charge in [0.1, 0.15) is 0 Å². The lowest BCUT2D eigenvalue weighted by atomic mass is 10.0. The van der Waals surface area contributed by atoms with Gasteiger partial charge in [0.15, 0.2) is 0 Å². The van der Waals surface area contributed by atoms with E-state index in [0.29, 0.717) is 6.04 Å². The summed E-state index contributed by atoms with van der Waals surface area (Å²) in [6.07, 6.45) is 0. The van der Waals surface area contributed by atoms with Crippen molar-refractivity contribution in [3.8, 4) is 6.07 Å². The standard InChI is InChI=1S/C15H20N4/c1-12-8-14(3-2-13(12)9-16)19-10-15(11-19)18-6-4-17-5-7-18/h2-3,8,15,17H,4-7,10-11H2,1H3. The van der Waals surface area contributed by atoms with Gasteiger partial charge in [-0.15, -0.1) is 0 Å². The second kappa shape index (κ2) is 5.20. The van der Waals surface area contributed by atoms with Crippen LogP contribution >= 0.6 is 0 Å². The van der Waals surface area contributed by atoms with E-state index in [9.17, 15) is 0 Å². The molecular weight excluding hydrogens is 236 g/mol. The number of aryl methyl sites for hydroxylation is 1. The van der Waals surface area contributed by atoms with Crippen LogP contribution in [0, 0.1) is 18.3 Å². The highest BCUT2D eigenvalue weighted by Crippen LogP contribution is 2.25. The van der Waals surface area contributed by atoms with Gasteiger partial charge in [-0.25, -0.2) is 0 Å². The molecule has 1 aromatic rings. The number of rotatable bonds is 2. The molecule has 4 nitrogen and oxygen atoms in total.